The van der Waals surface area contributed by atoms with E-state index in [2.05, 4.69) is 27.7 Å². The molecule has 108 valence electrons. The van der Waals surface area contributed by atoms with Crippen molar-refractivity contribution < 1.29 is 10.0 Å². The number of benzene rings is 2. The molecule has 6 heteroatoms. The third kappa shape index (κ3) is 3.52. The van der Waals surface area contributed by atoms with Crippen molar-refractivity contribution in [2.45, 2.75) is 0 Å². The van der Waals surface area contributed by atoms with E-state index in [0.717, 1.165) is 3.57 Å². The Morgan fingerprint density at radius 3 is 2.48 bits per heavy atom. The predicted octanol–water partition coefficient (Wildman–Crippen LogP) is 2.66. The zero-order valence-electron chi connectivity index (χ0n) is 11.3. The Morgan fingerprint density at radius 2 is 1.86 bits per heavy atom. The molecule has 5 nitrogen and oxygen atoms in total. The van der Waals surface area contributed by atoms with Crippen LogP contribution in [0.2, 0.25) is 0 Å². The maximum Gasteiger partial charge on any atom is 0.258 e. The molecule has 3 N–H and O–H groups in total. The van der Waals surface area contributed by atoms with Crippen LogP contribution in [0.4, 0.5) is 5.69 Å². The van der Waals surface area contributed by atoms with Crippen molar-refractivity contribution in [3.8, 4) is 0 Å². The minimum atomic E-state index is -0.122. The molecule has 0 aromatic heterocycles. The maximum atomic E-state index is 12.4. The summed E-state index contributed by atoms with van der Waals surface area (Å²) in [4.78, 5) is 13.9. The first-order chi connectivity index (χ1) is 10.0. The Labute approximate surface area is 136 Å². The van der Waals surface area contributed by atoms with Crippen LogP contribution in [0.25, 0.3) is 0 Å². The van der Waals surface area contributed by atoms with Gasteiger partial charge in [0.1, 0.15) is 0 Å². The fourth-order valence-electron chi connectivity index (χ4n) is 1.83. The van der Waals surface area contributed by atoms with E-state index in [1.165, 1.54) is 4.90 Å². The standard InChI is InChI=1S/C15H14IN3O2/c1-19(15(20)10-5-7-12(16)8-6-10)13-4-2-3-11(9-13)14(17)18-21/h2-9,21H,1H3,(H2,17,18). The number of amidine groups is 1. The van der Waals surface area contributed by atoms with Gasteiger partial charge in [-0.05, 0) is 59.0 Å². The molecule has 2 rings (SSSR count). The molecule has 2 aromatic rings. The van der Waals surface area contributed by atoms with Gasteiger partial charge in [0.25, 0.3) is 5.91 Å². The minimum Gasteiger partial charge on any atom is -0.409 e. The minimum absolute atomic E-state index is 0.00645. The summed E-state index contributed by atoms with van der Waals surface area (Å²) >= 11 is 2.19. The smallest absolute Gasteiger partial charge is 0.258 e. The van der Waals surface area contributed by atoms with Crippen molar-refractivity contribution in [3.63, 3.8) is 0 Å². The molecule has 0 aliphatic heterocycles. The van der Waals surface area contributed by atoms with Crippen molar-refractivity contribution in [2.24, 2.45) is 10.9 Å². The zero-order chi connectivity index (χ0) is 15.4. The van der Waals surface area contributed by atoms with E-state index in [1.54, 1.807) is 43.4 Å². The molecular formula is C15H14IN3O2. The molecule has 0 saturated heterocycles. The van der Waals surface area contributed by atoms with Crippen molar-refractivity contribution in [1.82, 2.24) is 0 Å². The maximum absolute atomic E-state index is 12.4. The van der Waals surface area contributed by atoms with Crippen LogP contribution < -0.4 is 10.6 Å². The molecular weight excluding hydrogens is 381 g/mol. The van der Waals surface area contributed by atoms with Gasteiger partial charge in [-0.3, -0.25) is 4.79 Å². The number of carbonyl (C=O) groups excluding carboxylic acids is 1. The van der Waals surface area contributed by atoms with Gasteiger partial charge >= 0.3 is 0 Å². The Morgan fingerprint density at radius 1 is 1.19 bits per heavy atom. The SMILES string of the molecule is CN(C(=O)c1ccc(I)cc1)c1cccc(C(N)=NO)c1. The third-order valence-electron chi connectivity index (χ3n) is 3.03. The van der Waals surface area contributed by atoms with Crippen LogP contribution in [-0.2, 0) is 0 Å². The summed E-state index contributed by atoms with van der Waals surface area (Å²) in [5.41, 5.74) is 7.39. The van der Waals surface area contributed by atoms with Crippen LogP contribution in [0.3, 0.4) is 0 Å². The molecule has 0 aliphatic rings. The topological polar surface area (TPSA) is 78.9 Å². The van der Waals surface area contributed by atoms with Gasteiger partial charge in [0.05, 0.1) is 0 Å². The van der Waals surface area contributed by atoms with E-state index < -0.39 is 0 Å². The van der Waals surface area contributed by atoms with Crippen LogP contribution in [-0.4, -0.2) is 24.0 Å². The van der Waals surface area contributed by atoms with Crippen molar-refractivity contribution in [1.29, 1.82) is 0 Å². The number of hydrogen-bond acceptors (Lipinski definition) is 3. The van der Waals surface area contributed by atoms with Crippen LogP contribution in [0.15, 0.2) is 53.7 Å². The Kier molecular flexibility index (Phi) is 4.79. The Bertz CT molecular complexity index is 684. The lowest BCUT2D eigenvalue weighted by Crippen LogP contribution is -2.26. The van der Waals surface area contributed by atoms with Gasteiger partial charge in [-0.2, -0.15) is 0 Å². The molecule has 0 heterocycles. The lowest BCUT2D eigenvalue weighted by molar-refractivity contribution is 0.0993. The number of rotatable bonds is 3. The molecule has 21 heavy (non-hydrogen) atoms. The highest BCUT2D eigenvalue weighted by Gasteiger charge is 2.14. The van der Waals surface area contributed by atoms with Crippen LogP contribution in [0, 0.1) is 3.57 Å². The fourth-order valence-corrected chi connectivity index (χ4v) is 2.19. The van der Waals surface area contributed by atoms with Gasteiger partial charge in [-0.1, -0.05) is 17.3 Å². The average molecular weight is 395 g/mol. The highest BCUT2D eigenvalue weighted by atomic mass is 127. The van der Waals surface area contributed by atoms with Crippen LogP contribution in [0.5, 0.6) is 0 Å². The summed E-state index contributed by atoms with van der Waals surface area (Å²) < 4.78 is 1.07. The molecule has 0 spiro atoms. The quantitative estimate of drug-likeness (QED) is 0.276. The fraction of sp³-hybridized carbons (Fsp3) is 0.0667. The summed E-state index contributed by atoms with van der Waals surface area (Å²) in [6.45, 7) is 0. The number of oxime groups is 1. The van der Waals surface area contributed by atoms with Crippen molar-refractivity contribution in [3.05, 3.63) is 63.2 Å². The third-order valence-corrected chi connectivity index (χ3v) is 3.75. The predicted molar refractivity (Wildman–Crippen MR) is 90.8 cm³/mol. The molecule has 0 aliphatic carbocycles. The monoisotopic (exact) mass is 395 g/mol. The molecule has 0 bridgehead atoms. The number of hydrogen-bond donors (Lipinski definition) is 2. The first-order valence-corrected chi connectivity index (χ1v) is 7.22. The van der Waals surface area contributed by atoms with E-state index in [-0.39, 0.29) is 11.7 Å². The van der Waals surface area contributed by atoms with Crippen LogP contribution >= 0.6 is 22.6 Å². The zero-order valence-corrected chi connectivity index (χ0v) is 13.5. The van der Waals surface area contributed by atoms with Gasteiger partial charge in [-0.25, -0.2) is 0 Å². The van der Waals surface area contributed by atoms with Crippen LogP contribution in [0.1, 0.15) is 15.9 Å². The normalized spacial score (nSPS) is 11.2. The molecule has 0 unspecified atom stereocenters. The summed E-state index contributed by atoms with van der Waals surface area (Å²) in [7, 11) is 1.69. The highest BCUT2D eigenvalue weighted by Crippen LogP contribution is 2.18. The summed E-state index contributed by atoms with van der Waals surface area (Å²) in [6.07, 6.45) is 0. The highest BCUT2D eigenvalue weighted by molar-refractivity contribution is 14.1. The van der Waals surface area contributed by atoms with Gasteiger partial charge in [0.15, 0.2) is 5.84 Å². The number of carbonyl (C=O) groups is 1. The largest absolute Gasteiger partial charge is 0.409 e. The van der Waals surface area contributed by atoms with Gasteiger partial charge in [-0.15, -0.1) is 0 Å². The average Bonchev–Trinajstić information content (AvgIpc) is 2.53. The lowest BCUT2D eigenvalue weighted by atomic mass is 10.1. The first-order valence-electron chi connectivity index (χ1n) is 6.14. The molecule has 0 atom stereocenters. The second kappa shape index (κ2) is 6.57. The number of amides is 1. The molecule has 0 fully saturated rings. The van der Waals surface area contributed by atoms with E-state index in [4.69, 9.17) is 10.9 Å². The Hall–Kier alpha value is -2.09. The number of halogens is 1. The second-order valence-electron chi connectivity index (χ2n) is 4.41. The molecule has 2 aromatic carbocycles. The van der Waals surface area contributed by atoms with Gasteiger partial charge < -0.3 is 15.8 Å². The molecule has 0 radical (unpaired) electrons. The number of nitrogens with two attached hydrogens (primary N) is 1. The summed E-state index contributed by atoms with van der Waals surface area (Å²) in [5.74, 6) is -0.116. The van der Waals surface area contributed by atoms with E-state index >= 15 is 0 Å². The molecule has 1 amide bonds. The summed E-state index contributed by atoms with van der Waals surface area (Å²) in [5, 5.41) is 11.7. The van der Waals surface area contributed by atoms with E-state index in [0.29, 0.717) is 16.8 Å². The lowest BCUT2D eigenvalue weighted by Gasteiger charge is -2.18. The van der Waals surface area contributed by atoms with Crippen molar-refractivity contribution >= 4 is 40.0 Å². The Balaban J connectivity index is 2.29. The second-order valence-corrected chi connectivity index (χ2v) is 5.65. The first kappa shape index (κ1) is 15.3. The number of anilines is 1. The van der Waals surface area contributed by atoms with Crippen molar-refractivity contribution in [2.75, 3.05) is 11.9 Å². The van der Waals surface area contributed by atoms with E-state index in [1.807, 2.05) is 12.1 Å². The van der Waals surface area contributed by atoms with Gasteiger partial charge in [0.2, 0.25) is 0 Å². The number of nitrogens with zero attached hydrogens (tertiary/aromatic N) is 2. The molecule has 0 saturated carbocycles. The summed E-state index contributed by atoms with van der Waals surface area (Å²) in [6, 6.07) is 14.3. The van der Waals surface area contributed by atoms with E-state index in [9.17, 15) is 4.79 Å². The van der Waals surface area contributed by atoms with Gasteiger partial charge in [0, 0.05) is 27.4 Å².